The van der Waals surface area contributed by atoms with E-state index in [0.717, 1.165) is 12.1 Å². The Hall–Kier alpha value is -2.90. The Morgan fingerprint density at radius 1 is 0.938 bits per heavy atom. The standard InChI is InChI=1S/C19H16ClN3O7S2/c1-11-7-12(21-19(24)10-20)5-6-16(11)23-22-13-8-15-14(18(9-13)32(28,29)30)3-2-4-17(15)31(25,26)27/h2-9H,10H2,1H3,(H,21,24)(H,25,26,27)(H,28,29,30). The molecule has 3 aromatic rings. The number of nitrogens with one attached hydrogen (secondary N) is 1. The van der Waals surface area contributed by atoms with Gasteiger partial charge >= 0.3 is 0 Å². The third-order valence-corrected chi connectivity index (χ3v) is 6.38. The summed E-state index contributed by atoms with van der Waals surface area (Å²) >= 11 is 5.46. The van der Waals surface area contributed by atoms with Crippen molar-refractivity contribution in [3.8, 4) is 0 Å². The molecule has 13 heteroatoms. The highest BCUT2D eigenvalue weighted by Crippen LogP contribution is 2.34. The van der Waals surface area contributed by atoms with Gasteiger partial charge in [0.25, 0.3) is 20.2 Å². The normalized spacial score (nSPS) is 12.4. The van der Waals surface area contributed by atoms with Gasteiger partial charge < -0.3 is 5.32 Å². The quantitative estimate of drug-likeness (QED) is 0.260. The van der Waals surface area contributed by atoms with Crippen LogP contribution in [0, 0.1) is 6.92 Å². The fourth-order valence-corrected chi connectivity index (χ4v) is 4.45. The van der Waals surface area contributed by atoms with Gasteiger partial charge in [0.2, 0.25) is 5.91 Å². The summed E-state index contributed by atoms with van der Waals surface area (Å²) in [4.78, 5) is 10.3. The molecule has 0 fully saturated rings. The number of hydrogen-bond donors (Lipinski definition) is 3. The largest absolute Gasteiger partial charge is 0.325 e. The number of hydrogen-bond acceptors (Lipinski definition) is 7. The highest BCUT2D eigenvalue weighted by Gasteiger charge is 2.21. The van der Waals surface area contributed by atoms with Crippen LogP contribution in [0.4, 0.5) is 17.1 Å². The lowest BCUT2D eigenvalue weighted by Gasteiger charge is -2.09. The number of aryl methyl sites for hydroxylation is 1. The van der Waals surface area contributed by atoms with Gasteiger partial charge in [-0.05, 0) is 48.9 Å². The van der Waals surface area contributed by atoms with Crippen LogP contribution in [0.3, 0.4) is 0 Å². The lowest BCUT2D eigenvalue weighted by Crippen LogP contribution is -2.12. The van der Waals surface area contributed by atoms with E-state index < -0.39 is 30.0 Å². The Morgan fingerprint density at radius 3 is 2.22 bits per heavy atom. The molecule has 1 amide bonds. The molecule has 32 heavy (non-hydrogen) atoms. The third kappa shape index (κ3) is 5.29. The van der Waals surface area contributed by atoms with Gasteiger partial charge in [-0.15, -0.1) is 11.6 Å². The molecule has 168 valence electrons. The van der Waals surface area contributed by atoms with Crippen molar-refractivity contribution in [3.63, 3.8) is 0 Å². The maximum atomic E-state index is 11.9. The van der Waals surface area contributed by atoms with Crippen molar-refractivity contribution in [1.29, 1.82) is 0 Å². The molecule has 3 rings (SSSR count). The Kier molecular flexibility index (Phi) is 6.62. The molecule has 0 bridgehead atoms. The van der Waals surface area contributed by atoms with Gasteiger partial charge in [0.1, 0.15) is 15.7 Å². The first-order valence-corrected chi connectivity index (χ1v) is 12.2. The molecule has 0 aliphatic carbocycles. The number of halogens is 1. The Labute approximate surface area is 188 Å². The summed E-state index contributed by atoms with van der Waals surface area (Å²) in [5, 5.41) is 10.3. The molecule has 0 heterocycles. The number of nitrogens with zero attached hydrogens (tertiary/aromatic N) is 2. The molecule has 0 atom stereocenters. The van der Waals surface area contributed by atoms with E-state index in [0.29, 0.717) is 16.9 Å². The fourth-order valence-electron chi connectivity index (χ4n) is 2.96. The zero-order chi connectivity index (χ0) is 23.7. The second-order valence-corrected chi connectivity index (χ2v) is 9.68. The Balaban J connectivity index is 2.12. The minimum Gasteiger partial charge on any atom is -0.325 e. The number of carbonyl (C=O) groups excluding carboxylic acids is 1. The summed E-state index contributed by atoms with van der Waals surface area (Å²) in [5.74, 6) is -0.589. The molecule has 0 saturated heterocycles. The first-order valence-electron chi connectivity index (χ1n) is 8.80. The second kappa shape index (κ2) is 8.92. The lowest BCUT2D eigenvalue weighted by molar-refractivity contribution is -0.113. The van der Waals surface area contributed by atoms with Crippen LogP contribution in [0.15, 0.2) is 68.6 Å². The summed E-state index contributed by atoms with van der Waals surface area (Å²) in [5.41, 5.74) is 1.41. The first-order chi connectivity index (χ1) is 14.9. The summed E-state index contributed by atoms with van der Waals surface area (Å²) in [6.07, 6.45) is 0. The summed E-state index contributed by atoms with van der Waals surface area (Å²) in [6.45, 7) is 1.70. The topological polar surface area (TPSA) is 163 Å². The monoisotopic (exact) mass is 497 g/mol. The van der Waals surface area contributed by atoms with Crippen molar-refractivity contribution >= 4 is 65.6 Å². The molecule has 0 saturated carbocycles. The van der Waals surface area contributed by atoms with Crippen LogP contribution in [0.1, 0.15) is 5.56 Å². The van der Waals surface area contributed by atoms with Crippen molar-refractivity contribution < 1.29 is 30.7 Å². The van der Waals surface area contributed by atoms with E-state index in [-0.39, 0.29) is 28.2 Å². The van der Waals surface area contributed by atoms with E-state index in [1.807, 2.05) is 0 Å². The fraction of sp³-hybridized carbons (Fsp3) is 0.105. The molecule has 0 unspecified atom stereocenters. The number of amides is 1. The van der Waals surface area contributed by atoms with Crippen LogP contribution in [0.2, 0.25) is 0 Å². The second-order valence-electron chi connectivity index (χ2n) is 6.63. The van der Waals surface area contributed by atoms with Crippen molar-refractivity contribution in [2.75, 3.05) is 11.2 Å². The van der Waals surface area contributed by atoms with E-state index in [1.165, 1.54) is 18.2 Å². The van der Waals surface area contributed by atoms with Crippen molar-refractivity contribution in [2.24, 2.45) is 10.2 Å². The maximum absolute atomic E-state index is 11.9. The minimum atomic E-state index is -4.75. The van der Waals surface area contributed by atoms with Gasteiger partial charge in [-0.25, -0.2) is 0 Å². The van der Waals surface area contributed by atoms with E-state index in [9.17, 15) is 30.7 Å². The zero-order valence-electron chi connectivity index (χ0n) is 16.4. The number of fused-ring (bicyclic) bond motifs is 1. The zero-order valence-corrected chi connectivity index (χ0v) is 18.7. The van der Waals surface area contributed by atoms with E-state index in [4.69, 9.17) is 11.6 Å². The van der Waals surface area contributed by atoms with Crippen LogP contribution >= 0.6 is 11.6 Å². The summed E-state index contributed by atoms with van der Waals surface area (Å²) < 4.78 is 66.3. The van der Waals surface area contributed by atoms with Crippen LogP contribution in [-0.4, -0.2) is 37.7 Å². The molecule has 0 radical (unpaired) electrons. The van der Waals surface area contributed by atoms with Gasteiger partial charge in [-0.1, -0.05) is 12.1 Å². The smallest absolute Gasteiger partial charge is 0.295 e. The third-order valence-electron chi connectivity index (χ3n) is 4.33. The average molecular weight is 498 g/mol. The van der Waals surface area contributed by atoms with E-state index in [2.05, 4.69) is 15.5 Å². The number of alkyl halides is 1. The van der Waals surface area contributed by atoms with Gasteiger partial charge in [-0.2, -0.15) is 27.1 Å². The molecule has 0 aromatic heterocycles. The van der Waals surface area contributed by atoms with Crippen LogP contribution in [0.5, 0.6) is 0 Å². The Bertz CT molecular complexity index is 1470. The summed E-state index contributed by atoms with van der Waals surface area (Å²) in [7, 11) is -9.45. The predicted molar refractivity (Wildman–Crippen MR) is 118 cm³/mol. The van der Waals surface area contributed by atoms with Crippen molar-refractivity contribution in [3.05, 3.63) is 54.1 Å². The highest BCUT2D eigenvalue weighted by molar-refractivity contribution is 7.86. The van der Waals surface area contributed by atoms with Gasteiger partial charge in [0.05, 0.1) is 11.4 Å². The van der Waals surface area contributed by atoms with Gasteiger partial charge in [-0.3, -0.25) is 13.9 Å². The van der Waals surface area contributed by atoms with Crippen molar-refractivity contribution in [2.45, 2.75) is 16.7 Å². The van der Waals surface area contributed by atoms with Crippen molar-refractivity contribution in [1.82, 2.24) is 0 Å². The first kappa shape index (κ1) is 23.8. The van der Waals surface area contributed by atoms with Crippen LogP contribution in [0.25, 0.3) is 10.8 Å². The molecule has 0 aliphatic heterocycles. The lowest BCUT2D eigenvalue weighted by atomic mass is 10.1. The number of carbonyl (C=O) groups is 1. The SMILES string of the molecule is Cc1cc(NC(=O)CCl)ccc1N=Nc1cc(S(=O)(=O)O)c2cccc(S(=O)(=O)O)c2c1. The highest BCUT2D eigenvalue weighted by atomic mass is 35.5. The Morgan fingerprint density at radius 2 is 1.62 bits per heavy atom. The molecular formula is C19H16ClN3O7S2. The minimum absolute atomic E-state index is 0.0832. The number of anilines is 1. The van der Waals surface area contributed by atoms with Gasteiger partial charge in [0, 0.05) is 16.5 Å². The molecule has 0 spiro atoms. The molecule has 3 N–H and O–H groups in total. The average Bonchev–Trinajstić information content (AvgIpc) is 2.70. The molecule has 0 aliphatic rings. The molecule has 3 aromatic carbocycles. The maximum Gasteiger partial charge on any atom is 0.295 e. The van der Waals surface area contributed by atoms with Gasteiger partial charge in [0.15, 0.2) is 0 Å². The van der Waals surface area contributed by atoms with E-state index in [1.54, 1.807) is 25.1 Å². The molecular weight excluding hydrogens is 482 g/mol. The van der Waals surface area contributed by atoms with E-state index >= 15 is 0 Å². The molecule has 10 nitrogen and oxygen atoms in total. The summed E-state index contributed by atoms with van der Waals surface area (Å²) in [6, 6.07) is 10.6. The van der Waals surface area contributed by atoms with Crippen LogP contribution in [-0.2, 0) is 25.0 Å². The number of rotatable bonds is 6. The van der Waals surface area contributed by atoms with Crippen LogP contribution < -0.4 is 5.32 Å². The number of benzene rings is 3. The predicted octanol–water partition coefficient (Wildman–Crippen LogP) is 4.23. The number of azo groups is 1.